The molecule has 0 bridgehead atoms. The second-order valence-electron chi connectivity index (χ2n) is 15.7. The summed E-state index contributed by atoms with van der Waals surface area (Å²) in [5.74, 6) is -2.36. The zero-order chi connectivity index (χ0) is 41.2. The van der Waals surface area contributed by atoms with Crippen LogP contribution in [0.25, 0.3) is 5.69 Å². The molecule has 300 valence electrons. The number of hydrogen-bond acceptors (Lipinski definition) is 8. The quantitative estimate of drug-likeness (QED) is 0.0806. The maximum absolute atomic E-state index is 15.7. The number of hydrogen-bond donors (Lipinski definition) is 4. The van der Waals surface area contributed by atoms with E-state index in [1.54, 1.807) is 53.7 Å². The van der Waals surface area contributed by atoms with Gasteiger partial charge in [0.15, 0.2) is 5.69 Å². The van der Waals surface area contributed by atoms with E-state index in [0.29, 0.717) is 41.5 Å². The highest BCUT2D eigenvalue weighted by Gasteiger charge is 2.44. The van der Waals surface area contributed by atoms with Crippen molar-refractivity contribution >= 4 is 35.0 Å². The van der Waals surface area contributed by atoms with Crippen molar-refractivity contribution in [2.45, 2.75) is 95.8 Å². The number of benzene rings is 2. The van der Waals surface area contributed by atoms with Crippen LogP contribution in [0.15, 0.2) is 66.9 Å². The van der Waals surface area contributed by atoms with Crippen LogP contribution in [-0.4, -0.2) is 47.6 Å². The van der Waals surface area contributed by atoms with Crippen LogP contribution < -0.4 is 21.1 Å². The van der Waals surface area contributed by atoms with Crippen molar-refractivity contribution in [3.05, 3.63) is 106 Å². The minimum Gasteiger partial charge on any atom is -0.598 e. The van der Waals surface area contributed by atoms with Crippen molar-refractivity contribution < 1.29 is 41.2 Å². The first kappa shape index (κ1) is 42.1. The summed E-state index contributed by atoms with van der Waals surface area (Å²) in [6.45, 7) is 10.4. The number of carbonyl (C=O) groups excluding carboxylic acids is 3. The van der Waals surface area contributed by atoms with Gasteiger partial charge in [-0.3, -0.25) is 14.6 Å². The van der Waals surface area contributed by atoms with Gasteiger partial charge >= 0.3 is 12.3 Å². The van der Waals surface area contributed by atoms with Gasteiger partial charge in [0.25, 0.3) is 11.8 Å². The Bertz CT molecular complexity index is 2080. The number of primary amides is 1. The number of pyridine rings is 1. The van der Waals surface area contributed by atoms with Gasteiger partial charge in [-0.05, 0) is 107 Å². The first-order chi connectivity index (χ1) is 26.1. The molecule has 2 heterocycles. The zero-order valence-electron chi connectivity index (χ0n) is 31.8. The van der Waals surface area contributed by atoms with Crippen LogP contribution in [0.5, 0.6) is 0 Å². The smallest absolute Gasteiger partial charge is 0.435 e. The predicted molar refractivity (Wildman–Crippen MR) is 203 cm³/mol. The van der Waals surface area contributed by atoms with E-state index in [1.807, 2.05) is 0 Å². The molecule has 2 aromatic carbocycles. The minimum absolute atomic E-state index is 0.00600. The molecule has 1 fully saturated rings. The lowest BCUT2D eigenvalue weighted by Gasteiger charge is -2.38. The third-order valence-electron chi connectivity index (χ3n) is 8.89. The summed E-state index contributed by atoms with van der Waals surface area (Å²) in [6, 6.07) is 13.5. The Balaban J connectivity index is 1.54. The number of alkyl halides is 3. The van der Waals surface area contributed by atoms with E-state index in [4.69, 9.17) is 10.5 Å². The fraction of sp³-hybridized carbons (Fsp3) is 0.410. The Hall–Kier alpha value is -5.00. The van der Waals surface area contributed by atoms with E-state index in [-0.39, 0.29) is 23.6 Å². The lowest BCUT2D eigenvalue weighted by Crippen LogP contribution is -2.52. The van der Waals surface area contributed by atoms with Crippen LogP contribution in [0.3, 0.4) is 0 Å². The molecule has 5 rings (SSSR count). The van der Waals surface area contributed by atoms with Gasteiger partial charge in [-0.25, -0.2) is 13.9 Å². The Morgan fingerprint density at radius 2 is 1.68 bits per heavy atom. The van der Waals surface area contributed by atoms with Crippen molar-refractivity contribution in [1.29, 1.82) is 0 Å². The number of ether oxygens (including phenoxy) is 1. The van der Waals surface area contributed by atoms with Gasteiger partial charge in [-0.1, -0.05) is 37.1 Å². The number of halogens is 4. The van der Waals surface area contributed by atoms with Crippen LogP contribution in [0, 0.1) is 11.7 Å². The molecule has 1 aliphatic rings. The van der Waals surface area contributed by atoms with Crippen LogP contribution in [0.1, 0.15) is 111 Å². The molecule has 12 nitrogen and oxygen atoms in total. The van der Waals surface area contributed by atoms with Gasteiger partial charge in [0.2, 0.25) is 0 Å². The van der Waals surface area contributed by atoms with Gasteiger partial charge in [0.05, 0.1) is 11.4 Å². The molecule has 5 N–H and O–H groups in total. The van der Waals surface area contributed by atoms with E-state index >= 15 is 4.39 Å². The molecule has 4 aromatic rings. The molecule has 0 saturated heterocycles. The van der Waals surface area contributed by atoms with E-state index in [0.717, 1.165) is 23.6 Å². The molecule has 2 atom stereocenters. The number of nitrogens with two attached hydrogens (primary N) is 1. The monoisotopic (exact) mass is 799 g/mol. The topological polar surface area (TPSA) is 176 Å². The maximum Gasteiger partial charge on any atom is 0.435 e. The van der Waals surface area contributed by atoms with Crippen molar-refractivity contribution in [3.63, 3.8) is 0 Å². The summed E-state index contributed by atoms with van der Waals surface area (Å²) in [7, 11) is 0. The highest BCUT2D eigenvalue weighted by atomic mass is 32.2. The second-order valence-corrected chi connectivity index (χ2v) is 17.6. The summed E-state index contributed by atoms with van der Waals surface area (Å²) < 4.78 is 80.1. The number of nitrogens with zero attached hydrogens (tertiary/aromatic N) is 3. The Morgan fingerprint density at radius 1 is 0.982 bits per heavy atom. The number of amides is 3. The third-order valence-corrected chi connectivity index (χ3v) is 10.5. The number of rotatable bonds is 13. The summed E-state index contributed by atoms with van der Waals surface area (Å²) in [4.78, 5) is 42.2. The zero-order valence-corrected chi connectivity index (χ0v) is 32.7. The third kappa shape index (κ3) is 10.4. The fourth-order valence-electron chi connectivity index (χ4n) is 5.79. The molecule has 56 heavy (non-hydrogen) atoms. The molecule has 2 aromatic heterocycles. The van der Waals surface area contributed by atoms with Crippen LogP contribution in [0.4, 0.5) is 28.0 Å². The lowest BCUT2D eigenvalue weighted by molar-refractivity contribution is -0.141. The first-order valence-electron chi connectivity index (χ1n) is 17.9. The van der Waals surface area contributed by atoms with Gasteiger partial charge in [0, 0.05) is 30.2 Å². The minimum atomic E-state index is -4.94. The average molecular weight is 800 g/mol. The van der Waals surface area contributed by atoms with Gasteiger partial charge in [-0.2, -0.15) is 18.3 Å². The molecule has 1 aliphatic carbocycles. The Labute approximate surface area is 325 Å². The van der Waals surface area contributed by atoms with Crippen molar-refractivity contribution in [2.75, 3.05) is 5.32 Å². The Morgan fingerprint density at radius 3 is 2.27 bits per heavy atom. The SMILES string of the molecule is CC(C)(C)OC(=O)NCc1cccc(-n2nc(C(F)(F)F)cc2C(=O)Nc2cc(C(CCC3CC3)(N[S+]([O-])C(C)(C)C)c3ccc(C(N)=O)nc3)ccc2F)c1. The normalized spacial score (nSPS) is 15.1. The van der Waals surface area contributed by atoms with Crippen LogP contribution in [-0.2, 0) is 34.4 Å². The molecule has 0 spiro atoms. The summed E-state index contributed by atoms with van der Waals surface area (Å²) >= 11 is -1.71. The molecule has 0 radical (unpaired) electrons. The second kappa shape index (κ2) is 16.2. The number of alkyl carbamates (subject to hydrolysis) is 1. The molecular weight excluding hydrogens is 755 g/mol. The number of anilines is 1. The largest absolute Gasteiger partial charge is 0.598 e. The number of aromatic nitrogens is 3. The lowest BCUT2D eigenvalue weighted by atomic mass is 9.80. The first-order valence-corrected chi connectivity index (χ1v) is 19.0. The van der Waals surface area contributed by atoms with E-state index in [2.05, 4.69) is 25.4 Å². The highest BCUT2D eigenvalue weighted by molar-refractivity contribution is 7.90. The van der Waals surface area contributed by atoms with Crippen molar-refractivity contribution in [1.82, 2.24) is 24.8 Å². The van der Waals surface area contributed by atoms with Crippen molar-refractivity contribution in [2.24, 2.45) is 11.7 Å². The average Bonchev–Trinajstić information content (AvgIpc) is 3.82. The van der Waals surface area contributed by atoms with E-state index in [9.17, 15) is 32.1 Å². The van der Waals surface area contributed by atoms with Crippen LogP contribution in [0.2, 0.25) is 0 Å². The standard InChI is InChI=1S/C39H45F4N7O5S/c1-36(2,3)55-35(53)46-21-24-8-7-9-27(18-24)50-31(20-32(48-50)39(41,42)43)34(52)47-30-19-25(12-14-28(30)40)38(17-16-23-10-11-23,49-56(54)37(4,5)6)26-13-15-29(33(44)51)45-22-26/h7-9,12-15,18-20,22-23,49H,10-11,16-17,21H2,1-6H3,(H2,44,51)(H,46,53)(H,47,52). The maximum atomic E-state index is 15.7. The van der Waals surface area contributed by atoms with Gasteiger partial charge < -0.3 is 25.7 Å². The molecule has 17 heteroatoms. The predicted octanol–water partition coefficient (Wildman–Crippen LogP) is 7.29. The van der Waals surface area contributed by atoms with Crippen LogP contribution >= 0.6 is 0 Å². The fourth-order valence-corrected chi connectivity index (χ4v) is 6.75. The van der Waals surface area contributed by atoms with Gasteiger partial charge in [-0.15, -0.1) is 4.72 Å². The molecule has 2 unspecified atom stereocenters. The van der Waals surface area contributed by atoms with E-state index in [1.165, 1.54) is 42.6 Å². The number of nitrogens with one attached hydrogen (secondary N) is 3. The highest BCUT2D eigenvalue weighted by Crippen LogP contribution is 2.43. The molecular formula is C39H45F4N7O5S. The molecule has 0 aliphatic heterocycles. The molecule has 1 saturated carbocycles. The van der Waals surface area contributed by atoms with E-state index < -0.39 is 68.5 Å². The summed E-state index contributed by atoms with van der Waals surface area (Å²) in [6.07, 6.45) is -1.18. The van der Waals surface area contributed by atoms with Crippen molar-refractivity contribution in [3.8, 4) is 5.69 Å². The summed E-state index contributed by atoms with van der Waals surface area (Å²) in [5, 5.41) is 8.69. The number of carbonyl (C=O) groups is 3. The Kier molecular flexibility index (Phi) is 12.2. The summed E-state index contributed by atoms with van der Waals surface area (Å²) in [5.41, 5.74) is 2.47. The van der Waals surface area contributed by atoms with Gasteiger partial charge in [0.1, 0.15) is 33.1 Å². The molecule has 3 amide bonds.